The molecule has 0 spiro atoms. The number of carbonyl (C=O) groups excluding carboxylic acids is 2. The summed E-state index contributed by atoms with van der Waals surface area (Å²) in [6.45, 7) is 2.78. The SMILES string of the molecule is CCCNC(=O)C(Cc1ccccc1)N(Cc1ccccc1Cl)C(=O)CN(c1cc(Cl)ccc1OC)S(=O)(=O)c1ccc(C)c([N+](=O)[O-])c1. The summed E-state index contributed by atoms with van der Waals surface area (Å²) < 4.78 is 35.1. The third-order valence-electron chi connectivity index (χ3n) is 7.77. The van der Waals surface area contributed by atoms with Gasteiger partial charge in [-0.2, -0.15) is 0 Å². The number of nitro benzene ring substituents is 1. The second kappa shape index (κ2) is 16.6. The fourth-order valence-electron chi connectivity index (χ4n) is 5.18. The van der Waals surface area contributed by atoms with E-state index in [2.05, 4.69) is 5.32 Å². The van der Waals surface area contributed by atoms with Gasteiger partial charge in [0.05, 0.1) is 22.6 Å². The van der Waals surface area contributed by atoms with Crippen molar-refractivity contribution in [1.29, 1.82) is 0 Å². The van der Waals surface area contributed by atoms with Gasteiger partial charge in [0.15, 0.2) is 0 Å². The first-order valence-electron chi connectivity index (χ1n) is 15.3. The topological polar surface area (TPSA) is 139 Å². The molecular weight excluding hydrogens is 691 g/mol. The second-order valence-electron chi connectivity index (χ2n) is 11.1. The van der Waals surface area contributed by atoms with Crippen LogP contribution in [0.5, 0.6) is 5.75 Å². The highest BCUT2D eigenvalue weighted by Crippen LogP contribution is 2.36. The summed E-state index contributed by atoms with van der Waals surface area (Å²) in [5.41, 5.74) is 1.05. The van der Waals surface area contributed by atoms with Gasteiger partial charge in [-0.3, -0.25) is 24.0 Å². The molecule has 0 aliphatic heterocycles. The first-order chi connectivity index (χ1) is 23.4. The van der Waals surface area contributed by atoms with E-state index in [0.717, 1.165) is 15.9 Å². The van der Waals surface area contributed by atoms with Gasteiger partial charge in [0.1, 0.15) is 18.3 Å². The van der Waals surface area contributed by atoms with Gasteiger partial charge in [0.2, 0.25) is 11.8 Å². The van der Waals surface area contributed by atoms with E-state index in [1.807, 2.05) is 37.3 Å². The van der Waals surface area contributed by atoms with Gasteiger partial charge in [0.25, 0.3) is 15.7 Å². The number of halogens is 2. The van der Waals surface area contributed by atoms with Crippen LogP contribution in [0.3, 0.4) is 0 Å². The minimum Gasteiger partial charge on any atom is -0.495 e. The van der Waals surface area contributed by atoms with Gasteiger partial charge in [-0.15, -0.1) is 0 Å². The smallest absolute Gasteiger partial charge is 0.273 e. The third kappa shape index (κ3) is 9.08. The van der Waals surface area contributed by atoms with E-state index in [4.69, 9.17) is 27.9 Å². The number of hydrogen-bond acceptors (Lipinski definition) is 7. The molecule has 1 unspecified atom stereocenters. The molecule has 0 aliphatic rings. The number of carbonyl (C=O) groups is 2. The van der Waals surface area contributed by atoms with Crippen LogP contribution in [0.1, 0.15) is 30.0 Å². The number of amides is 2. The Hall–Kier alpha value is -4.65. The highest BCUT2D eigenvalue weighted by atomic mass is 35.5. The summed E-state index contributed by atoms with van der Waals surface area (Å²) >= 11 is 12.9. The summed E-state index contributed by atoms with van der Waals surface area (Å²) in [5, 5.41) is 15.1. The van der Waals surface area contributed by atoms with Crippen molar-refractivity contribution >= 4 is 56.4 Å². The molecule has 1 atom stereocenters. The fourth-order valence-corrected chi connectivity index (χ4v) is 6.97. The lowest BCUT2D eigenvalue weighted by molar-refractivity contribution is -0.385. The Morgan fingerprint density at radius 2 is 1.67 bits per heavy atom. The number of benzene rings is 4. The van der Waals surface area contributed by atoms with Crippen molar-refractivity contribution in [2.24, 2.45) is 0 Å². The van der Waals surface area contributed by atoms with Crippen LogP contribution < -0.4 is 14.4 Å². The van der Waals surface area contributed by atoms with Gasteiger partial charge < -0.3 is 15.0 Å². The van der Waals surface area contributed by atoms with E-state index in [0.29, 0.717) is 23.6 Å². The van der Waals surface area contributed by atoms with Gasteiger partial charge >= 0.3 is 0 Å². The maximum Gasteiger partial charge on any atom is 0.273 e. The predicted octanol–water partition coefficient (Wildman–Crippen LogP) is 6.58. The van der Waals surface area contributed by atoms with Crippen molar-refractivity contribution in [1.82, 2.24) is 10.2 Å². The van der Waals surface area contributed by atoms with Crippen LogP contribution in [-0.2, 0) is 32.6 Å². The monoisotopic (exact) mass is 726 g/mol. The minimum atomic E-state index is -4.69. The van der Waals surface area contributed by atoms with Gasteiger partial charge in [-0.25, -0.2) is 8.42 Å². The van der Waals surface area contributed by atoms with Gasteiger partial charge in [0, 0.05) is 41.2 Å². The first kappa shape index (κ1) is 37.2. The van der Waals surface area contributed by atoms with E-state index in [-0.39, 0.29) is 35.0 Å². The molecular formula is C35H36Cl2N4O7S. The molecule has 4 rings (SSSR count). The molecule has 14 heteroatoms. The molecule has 11 nitrogen and oxygen atoms in total. The van der Waals surface area contributed by atoms with Crippen LogP contribution in [0.2, 0.25) is 10.0 Å². The van der Waals surface area contributed by atoms with E-state index in [1.54, 1.807) is 24.3 Å². The Morgan fingerprint density at radius 3 is 2.33 bits per heavy atom. The number of ether oxygens (including phenoxy) is 1. The molecule has 0 aromatic heterocycles. The van der Waals surface area contributed by atoms with Crippen LogP contribution in [0.25, 0.3) is 0 Å². The quantitative estimate of drug-likeness (QED) is 0.108. The van der Waals surface area contributed by atoms with Crippen molar-refractivity contribution < 1.29 is 27.7 Å². The van der Waals surface area contributed by atoms with Crippen molar-refractivity contribution in [3.8, 4) is 5.75 Å². The molecule has 0 saturated carbocycles. The van der Waals surface area contributed by atoms with Crippen molar-refractivity contribution in [3.05, 3.63) is 128 Å². The lowest BCUT2D eigenvalue weighted by Crippen LogP contribution is -2.53. The summed E-state index contributed by atoms with van der Waals surface area (Å²) in [5.74, 6) is -1.11. The number of sulfonamides is 1. The zero-order chi connectivity index (χ0) is 35.7. The number of anilines is 1. The second-order valence-corrected chi connectivity index (χ2v) is 13.8. The lowest BCUT2D eigenvalue weighted by atomic mass is 10.0. The van der Waals surface area contributed by atoms with Crippen LogP contribution >= 0.6 is 23.2 Å². The Bertz CT molecular complexity index is 1930. The van der Waals surface area contributed by atoms with Crippen molar-refractivity contribution in [3.63, 3.8) is 0 Å². The van der Waals surface area contributed by atoms with E-state index >= 15 is 0 Å². The van der Waals surface area contributed by atoms with Crippen LogP contribution in [0.15, 0.2) is 95.9 Å². The van der Waals surface area contributed by atoms with Gasteiger partial charge in [-0.05, 0) is 54.8 Å². The largest absolute Gasteiger partial charge is 0.495 e. The van der Waals surface area contributed by atoms with Crippen LogP contribution in [-0.4, -0.2) is 56.3 Å². The average Bonchev–Trinajstić information content (AvgIpc) is 3.08. The Labute approximate surface area is 295 Å². The summed E-state index contributed by atoms with van der Waals surface area (Å²) in [6, 6.07) is 22.6. The average molecular weight is 728 g/mol. The number of aryl methyl sites for hydroxylation is 1. The Kier molecular flexibility index (Phi) is 12.6. The summed E-state index contributed by atoms with van der Waals surface area (Å²) in [4.78, 5) is 40.4. The van der Waals surface area contributed by atoms with E-state index < -0.39 is 49.9 Å². The number of methoxy groups -OCH3 is 1. The maximum absolute atomic E-state index is 14.7. The highest BCUT2D eigenvalue weighted by Gasteiger charge is 2.36. The molecule has 4 aromatic carbocycles. The number of nitrogens with zero attached hydrogens (tertiary/aromatic N) is 3. The number of nitrogens with one attached hydrogen (secondary N) is 1. The molecule has 0 bridgehead atoms. The summed E-state index contributed by atoms with van der Waals surface area (Å²) in [6.07, 6.45) is 0.759. The molecule has 0 saturated heterocycles. The zero-order valence-electron chi connectivity index (χ0n) is 27.1. The fraction of sp³-hybridized carbons (Fsp3) is 0.257. The number of hydrogen-bond donors (Lipinski definition) is 1. The van der Waals surface area contributed by atoms with E-state index in [1.165, 1.54) is 49.3 Å². The number of nitro groups is 1. The first-order valence-corrected chi connectivity index (χ1v) is 17.5. The molecule has 2 amide bonds. The maximum atomic E-state index is 14.7. The molecule has 49 heavy (non-hydrogen) atoms. The molecule has 0 aliphatic carbocycles. The molecule has 0 radical (unpaired) electrons. The Morgan fingerprint density at radius 1 is 0.980 bits per heavy atom. The predicted molar refractivity (Wildman–Crippen MR) is 190 cm³/mol. The number of rotatable bonds is 15. The molecule has 4 aromatic rings. The van der Waals surface area contributed by atoms with E-state index in [9.17, 15) is 28.1 Å². The Balaban J connectivity index is 1.89. The standard InChI is InChI=1S/C35H36Cl2N4O7S/c1-4-18-38-35(43)32(19-25-10-6-5-7-11-25)39(22-26-12-8-9-13-29(26)37)34(42)23-40(31-20-27(36)15-17-33(31)48-3)49(46,47)28-16-14-24(2)30(21-28)41(44)45/h5-17,20-21,32H,4,18-19,22-23H2,1-3H3,(H,38,43). The molecule has 1 N–H and O–H groups in total. The molecule has 0 fully saturated rings. The molecule has 258 valence electrons. The highest BCUT2D eigenvalue weighted by molar-refractivity contribution is 7.92. The lowest BCUT2D eigenvalue weighted by Gasteiger charge is -2.34. The van der Waals surface area contributed by atoms with Crippen molar-refractivity contribution in [2.45, 2.75) is 44.2 Å². The third-order valence-corrected chi connectivity index (χ3v) is 10.1. The van der Waals surface area contributed by atoms with Crippen molar-refractivity contribution in [2.75, 3.05) is 24.5 Å². The summed E-state index contributed by atoms with van der Waals surface area (Å²) in [7, 11) is -3.36. The minimum absolute atomic E-state index is 0.0709. The molecule has 0 heterocycles. The normalized spacial score (nSPS) is 11.8. The zero-order valence-corrected chi connectivity index (χ0v) is 29.5. The van der Waals surface area contributed by atoms with Crippen LogP contribution in [0.4, 0.5) is 11.4 Å². The van der Waals surface area contributed by atoms with Crippen LogP contribution in [0, 0.1) is 17.0 Å². The van der Waals surface area contributed by atoms with Gasteiger partial charge in [-0.1, -0.05) is 84.7 Å².